The molecule has 1 N–H and O–H groups in total. The number of nitrogens with zero attached hydrogens (tertiary/aromatic N) is 1. The summed E-state index contributed by atoms with van der Waals surface area (Å²) in [5, 5.41) is 2.74. The number of hydrogen-bond donors (Lipinski definition) is 1. The van der Waals surface area contributed by atoms with Gasteiger partial charge in [-0.05, 0) is 12.1 Å². The number of carbonyl (C=O) groups excluding carboxylic acids is 1. The minimum absolute atomic E-state index is 0.0336. The van der Waals surface area contributed by atoms with E-state index in [1.165, 1.54) is 6.08 Å². The van der Waals surface area contributed by atoms with E-state index in [-0.39, 0.29) is 5.91 Å². The number of nitrogens with one attached hydrogen (secondary N) is 1. The summed E-state index contributed by atoms with van der Waals surface area (Å²) in [5.74, 6) is -0.0336. The third kappa shape index (κ3) is 1.05. The lowest BCUT2D eigenvalue weighted by Crippen LogP contribution is -2.18. The van der Waals surface area contributed by atoms with Gasteiger partial charge in [-0.3, -0.25) is 4.79 Å². The highest BCUT2D eigenvalue weighted by atomic mass is 16.1. The van der Waals surface area contributed by atoms with E-state index in [4.69, 9.17) is 0 Å². The zero-order chi connectivity index (χ0) is 7.68. The Balaban J connectivity index is 2.42. The van der Waals surface area contributed by atoms with Crippen molar-refractivity contribution in [2.75, 3.05) is 0 Å². The molecule has 0 fully saturated rings. The Kier molecular flexibility index (Phi) is 1.28. The van der Waals surface area contributed by atoms with Crippen molar-refractivity contribution in [1.29, 1.82) is 0 Å². The first kappa shape index (κ1) is 6.22. The van der Waals surface area contributed by atoms with E-state index in [1.807, 2.05) is 22.9 Å². The fourth-order valence-corrected chi connectivity index (χ4v) is 1.11. The van der Waals surface area contributed by atoms with Gasteiger partial charge in [0.25, 0.3) is 0 Å². The summed E-state index contributed by atoms with van der Waals surface area (Å²) in [4.78, 5) is 10.8. The summed E-state index contributed by atoms with van der Waals surface area (Å²) in [6.45, 7) is 0.610. The van der Waals surface area contributed by atoms with E-state index in [9.17, 15) is 4.79 Å². The number of hydrogen-bond acceptors (Lipinski definition) is 1. The van der Waals surface area contributed by atoms with Crippen molar-refractivity contribution >= 4 is 12.1 Å². The molecule has 3 nitrogen and oxygen atoms in total. The lowest BCUT2D eigenvalue weighted by Gasteiger charge is -1.98. The quantitative estimate of drug-likeness (QED) is 0.574. The largest absolute Gasteiger partial charge is 0.347 e. The second-order valence-corrected chi connectivity index (χ2v) is 2.44. The Labute approximate surface area is 64.3 Å². The summed E-state index contributed by atoms with van der Waals surface area (Å²) in [6, 6.07) is 3.94. The molecular formula is C8H8N2O. The molecule has 0 saturated carbocycles. The van der Waals surface area contributed by atoms with E-state index in [0.717, 1.165) is 5.69 Å². The van der Waals surface area contributed by atoms with Crippen molar-refractivity contribution < 1.29 is 4.79 Å². The molecule has 1 aliphatic heterocycles. The van der Waals surface area contributed by atoms with Crippen LogP contribution in [0.2, 0.25) is 0 Å². The van der Waals surface area contributed by atoms with Crippen LogP contribution in [0.1, 0.15) is 5.69 Å². The molecule has 0 atom stereocenters. The Morgan fingerprint density at radius 2 is 2.45 bits per heavy atom. The lowest BCUT2D eigenvalue weighted by atomic mass is 10.4. The molecule has 0 spiro atoms. The number of aromatic nitrogens is 1. The molecule has 0 unspecified atom stereocenters. The van der Waals surface area contributed by atoms with Gasteiger partial charge in [-0.25, -0.2) is 0 Å². The van der Waals surface area contributed by atoms with Gasteiger partial charge in [0.15, 0.2) is 0 Å². The third-order valence-electron chi connectivity index (χ3n) is 1.70. The highest BCUT2D eigenvalue weighted by Gasteiger charge is 2.04. The fourth-order valence-electron chi connectivity index (χ4n) is 1.11. The molecule has 11 heavy (non-hydrogen) atoms. The molecule has 0 aliphatic carbocycles. The average Bonchev–Trinajstić information content (AvgIpc) is 2.38. The van der Waals surface area contributed by atoms with Gasteiger partial charge in [0.1, 0.15) is 0 Å². The van der Waals surface area contributed by atoms with Crippen molar-refractivity contribution in [3.05, 3.63) is 30.1 Å². The average molecular weight is 148 g/mol. The zero-order valence-electron chi connectivity index (χ0n) is 5.95. The Morgan fingerprint density at radius 3 is 3.36 bits per heavy atom. The van der Waals surface area contributed by atoms with Crippen LogP contribution in [0.15, 0.2) is 24.4 Å². The standard InChI is InChI=1S/C8H8N2O/c11-8-3-5-10-4-1-2-7(10)6-9-8/h1-5H,6H2,(H,9,11). The summed E-state index contributed by atoms with van der Waals surface area (Å²) in [6.07, 6.45) is 5.21. The topological polar surface area (TPSA) is 34.0 Å². The van der Waals surface area contributed by atoms with Gasteiger partial charge in [-0.1, -0.05) is 0 Å². The second-order valence-electron chi connectivity index (χ2n) is 2.44. The van der Waals surface area contributed by atoms with Crippen LogP contribution in [-0.2, 0) is 11.3 Å². The van der Waals surface area contributed by atoms with Gasteiger partial charge < -0.3 is 9.88 Å². The molecule has 1 aliphatic rings. The predicted molar refractivity (Wildman–Crippen MR) is 41.6 cm³/mol. The molecule has 0 bridgehead atoms. The molecule has 0 saturated heterocycles. The Hall–Kier alpha value is -1.51. The van der Waals surface area contributed by atoms with Gasteiger partial charge in [0.05, 0.1) is 6.54 Å². The number of amides is 1. The third-order valence-corrected chi connectivity index (χ3v) is 1.70. The predicted octanol–water partition coefficient (Wildman–Crippen LogP) is 0.589. The molecular weight excluding hydrogens is 140 g/mol. The van der Waals surface area contributed by atoms with Crippen LogP contribution in [0.5, 0.6) is 0 Å². The summed E-state index contributed by atoms with van der Waals surface area (Å²) in [5.41, 5.74) is 1.10. The monoisotopic (exact) mass is 148 g/mol. The van der Waals surface area contributed by atoms with Gasteiger partial charge in [-0.2, -0.15) is 0 Å². The van der Waals surface area contributed by atoms with Gasteiger partial charge in [0, 0.05) is 24.2 Å². The highest BCUT2D eigenvalue weighted by molar-refractivity contribution is 5.90. The van der Waals surface area contributed by atoms with Crippen LogP contribution in [-0.4, -0.2) is 10.5 Å². The zero-order valence-corrected chi connectivity index (χ0v) is 5.95. The van der Waals surface area contributed by atoms with Crippen LogP contribution in [0.3, 0.4) is 0 Å². The van der Waals surface area contributed by atoms with Crippen molar-refractivity contribution in [3.63, 3.8) is 0 Å². The van der Waals surface area contributed by atoms with Crippen LogP contribution in [0, 0.1) is 0 Å². The fraction of sp³-hybridized carbons (Fsp3) is 0.125. The van der Waals surface area contributed by atoms with E-state index in [0.29, 0.717) is 6.54 Å². The van der Waals surface area contributed by atoms with Gasteiger partial charge >= 0.3 is 0 Å². The van der Waals surface area contributed by atoms with Crippen LogP contribution in [0.4, 0.5) is 0 Å². The first-order valence-corrected chi connectivity index (χ1v) is 3.48. The Bertz CT molecular complexity index is 312. The molecule has 0 aromatic carbocycles. The first-order valence-electron chi connectivity index (χ1n) is 3.48. The molecule has 1 aromatic rings. The van der Waals surface area contributed by atoms with E-state index < -0.39 is 0 Å². The molecule has 3 heteroatoms. The highest BCUT2D eigenvalue weighted by Crippen LogP contribution is 2.04. The number of carbonyl (C=O) groups is 1. The van der Waals surface area contributed by atoms with Crippen LogP contribution in [0.25, 0.3) is 6.20 Å². The normalized spacial score (nSPS) is 15.5. The SMILES string of the molecule is O=C1C=Cn2cccc2CN1. The molecule has 2 heterocycles. The van der Waals surface area contributed by atoms with E-state index in [1.54, 1.807) is 6.20 Å². The van der Waals surface area contributed by atoms with Gasteiger partial charge in [0.2, 0.25) is 5.91 Å². The summed E-state index contributed by atoms with van der Waals surface area (Å²) in [7, 11) is 0. The summed E-state index contributed by atoms with van der Waals surface area (Å²) >= 11 is 0. The van der Waals surface area contributed by atoms with Crippen molar-refractivity contribution in [2.45, 2.75) is 6.54 Å². The first-order chi connectivity index (χ1) is 5.36. The summed E-state index contributed by atoms with van der Waals surface area (Å²) < 4.78 is 1.93. The molecule has 56 valence electrons. The maximum Gasteiger partial charge on any atom is 0.245 e. The number of fused-ring (bicyclic) bond motifs is 1. The minimum atomic E-state index is -0.0336. The maximum atomic E-state index is 10.8. The molecule has 1 aromatic heterocycles. The van der Waals surface area contributed by atoms with Crippen molar-refractivity contribution in [3.8, 4) is 0 Å². The van der Waals surface area contributed by atoms with Crippen LogP contribution < -0.4 is 5.32 Å². The number of rotatable bonds is 0. The molecule has 1 amide bonds. The van der Waals surface area contributed by atoms with Crippen molar-refractivity contribution in [1.82, 2.24) is 9.88 Å². The van der Waals surface area contributed by atoms with E-state index in [2.05, 4.69) is 5.32 Å². The minimum Gasteiger partial charge on any atom is -0.347 e. The van der Waals surface area contributed by atoms with Crippen LogP contribution >= 0.6 is 0 Å². The van der Waals surface area contributed by atoms with Crippen molar-refractivity contribution in [2.24, 2.45) is 0 Å². The second kappa shape index (κ2) is 2.27. The van der Waals surface area contributed by atoms with E-state index >= 15 is 0 Å². The van der Waals surface area contributed by atoms with Gasteiger partial charge in [-0.15, -0.1) is 0 Å². The molecule has 0 radical (unpaired) electrons. The Morgan fingerprint density at radius 1 is 1.55 bits per heavy atom. The maximum absolute atomic E-state index is 10.8. The molecule has 2 rings (SSSR count). The lowest BCUT2D eigenvalue weighted by molar-refractivity contribution is -0.116. The smallest absolute Gasteiger partial charge is 0.245 e.